The molecule has 0 saturated carbocycles. The monoisotopic (exact) mass is 342 g/mol. The number of aryl methyl sites for hydroxylation is 1. The van der Waals surface area contributed by atoms with Gasteiger partial charge in [-0.1, -0.05) is 20.8 Å². The molecular weight excluding hydrogens is 316 g/mol. The quantitative estimate of drug-likeness (QED) is 0.922. The summed E-state index contributed by atoms with van der Waals surface area (Å²) >= 11 is 0. The molecular formula is C18H26N6O. The van der Waals surface area contributed by atoms with Crippen LogP contribution in [0.15, 0.2) is 24.5 Å². The topological polar surface area (TPSA) is 75.9 Å². The summed E-state index contributed by atoms with van der Waals surface area (Å²) in [6.45, 7) is 8.12. The van der Waals surface area contributed by atoms with Crippen molar-refractivity contribution in [2.24, 2.45) is 7.05 Å². The molecule has 134 valence electrons. The van der Waals surface area contributed by atoms with Gasteiger partial charge in [-0.05, 0) is 25.0 Å². The van der Waals surface area contributed by atoms with Gasteiger partial charge in [0.15, 0.2) is 5.82 Å². The number of aromatic nitrogens is 4. The van der Waals surface area contributed by atoms with Crippen molar-refractivity contribution in [3.63, 3.8) is 0 Å². The lowest BCUT2D eigenvalue weighted by Gasteiger charge is -2.33. The fraction of sp³-hybridized carbons (Fsp3) is 0.556. The third kappa shape index (κ3) is 4.15. The minimum Gasteiger partial charge on any atom is -0.355 e. The van der Waals surface area contributed by atoms with Crippen LogP contribution < -0.4 is 10.2 Å². The van der Waals surface area contributed by atoms with Crippen molar-refractivity contribution >= 4 is 11.7 Å². The summed E-state index contributed by atoms with van der Waals surface area (Å²) in [5.41, 5.74) is 1.61. The number of nitrogens with zero attached hydrogens (tertiary/aromatic N) is 5. The Labute approximate surface area is 148 Å². The van der Waals surface area contributed by atoms with Gasteiger partial charge >= 0.3 is 0 Å². The highest BCUT2D eigenvalue weighted by atomic mass is 16.1. The summed E-state index contributed by atoms with van der Waals surface area (Å²) in [5.74, 6) is 0.853. The maximum atomic E-state index is 12.2. The molecule has 1 saturated heterocycles. The zero-order valence-corrected chi connectivity index (χ0v) is 15.4. The molecule has 2 aromatic rings. The first-order chi connectivity index (χ1) is 11.8. The van der Waals surface area contributed by atoms with Crippen molar-refractivity contribution in [3.8, 4) is 0 Å². The highest BCUT2D eigenvalue weighted by molar-refractivity contribution is 5.93. The first-order valence-electron chi connectivity index (χ1n) is 8.71. The molecule has 1 aliphatic heterocycles. The van der Waals surface area contributed by atoms with E-state index < -0.39 is 0 Å². The van der Waals surface area contributed by atoms with Crippen molar-refractivity contribution in [2.75, 3.05) is 18.0 Å². The third-order valence-electron chi connectivity index (χ3n) is 4.54. The molecule has 7 heteroatoms. The van der Waals surface area contributed by atoms with E-state index in [0.29, 0.717) is 5.56 Å². The van der Waals surface area contributed by atoms with Gasteiger partial charge in [-0.15, -0.1) is 5.10 Å². The summed E-state index contributed by atoms with van der Waals surface area (Å²) in [7, 11) is 1.81. The molecule has 2 aromatic heterocycles. The Morgan fingerprint density at radius 1 is 1.20 bits per heavy atom. The van der Waals surface area contributed by atoms with Crippen molar-refractivity contribution in [2.45, 2.75) is 45.1 Å². The molecule has 0 atom stereocenters. The van der Waals surface area contributed by atoms with Crippen LogP contribution in [0.2, 0.25) is 0 Å². The molecule has 1 N–H and O–H groups in total. The molecule has 0 aliphatic carbocycles. The second kappa shape index (κ2) is 6.82. The van der Waals surface area contributed by atoms with E-state index in [1.165, 1.54) is 0 Å². The van der Waals surface area contributed by atoms with Gasteiger partial charge in [0.1, 0.15) is 0 Å². The van der Waals surface area contributed by atoms with Gasteiger partial charge in [0.25, 0.3) is 5.91 Å². The highest BCUT2D eigenvalue weighted by Crippen LogP contribution is 2.22. The van der Waals surface area contributed by atoms with E-state index in [4.69, 9.17) is 0 Å². The second-order valence-electron chi connectivity index (χ2n) is 7.66. The zero-order chi connectivity index (χ0) is 18.0. The number of hydrogen-bond acceptors (Lipinski definition) is 5. The van der Waals surface area contributed by atoms with Gasteiger partial charge in [0.05, 0.1) is 17.5 Å². The summed E-state index contributed by atoms with van der Waals surface area (Å²) in [4.78, 5) is 14.4. The van der Waals surface area contributed by atoms with Gasteiger partial charge in [-0.25, -0.2) is 0 Å². The van der Waals surface area contributed by atoms with Crippen LogP contribution in [0.4, 0.5) is 5.82 Å². The van der Waals surface area contributed by atoms with Crippen molar-refractivity contribution in [3.05, 3.63) is 35.8 Å². The zero-order valence-electron chi connectivity index (χ0n) is 15.4. The van der Waals surface area contributed by atoms with Gasteiger partial charge < -0.3 is 10.2 Å². The summed E-state index contributed by atoms with van der Waals surface area (Å²) in [6, 6.07) is 4.28. The first-order valence-corrected chi connectivity index (χ1v) is 8.71. The second-order valence-corrected chi connectivity index (χ2v) is 7.66. The Balaban J connectivity index is 1.54. The minimum absolute atomic E-state index is 0.00903. The summed E-state index contributed by atoms with van der Waals surface area (Å²) in [6.07, 6.45) is 5.12. The molecule has 0 aromatic carbocycles. The lowest BCUT2D eigenvalue weighted by atomic mass is 9.92. The maximum Gasteiger partial charge on any atom is 0.254 e. The van der Waals surface area contributed by atoms with E-state index in [1.54, 1.807) is 24.1 Å². The van der Waals surface area contributed by atoms with Gasteiger partial charge in [0, 0.05) is 37.8 Å². The fourth-order valence-corrected chi connectivity index (χ4v) is 2.95. The number of hydrogen-bond donors (Lipinski definition) is 1. The van der Waals surface area contributed by atoms with Crippen molar-refractivity contribution in [1.29, 1.82) is 0 Å². The molecule has 25 heavy (non-hydrogen) atoms. The van der Waals surface area contributed by atoms with Crippen LogP contribution in [-0.4, -0.2) is 45.0 Å². The lowest BCUT2D eigenvalue weighted by molar-refractivity contribution is 0.0931. The van der Waals surface area contributed by atoms with E-state index in [-0.39, 0.29) is 17.4 Å². The summed E-state index contributed by atoms with van der Waals surface area (Å²) in [5, 5.41) is 15.9. The van der Waals surface area contributed by atoms with E-state index in [0.717, 1.165) is 37.4 Å². The predicted molar refractivity (Wildman–Crippen MR) is 96.6 cm³/mol. The molecule has 1 aliphatic rings. The Morgan fingerprint density at radius 3 is 2.44 bits per heavy atom. The average Bonchev–Trinajstić information content (AvgIpc) is 3.02. The van der Waals surface area contributed by atoms with Crippen LogP contribution in [0, 0.1) is 0 Å². The van der Waals surface area contributed by atoms with E-state index in [1.807, 2.05) is 6.07 Å². The van der Waals surface area contributed by atoms with E-state index in [9.17, 15) is 4.79 Å². The average molecular weight is 342 g/mol. The third-order valence-corrected chi connectivity index (χ3v) is 4.54. The van der Waals surface area contributed by atoms with Crippen molar-refractivity contribution < 1.29 is 4.79 Å². The van der Waals surface area contributed by atoms with E-state index >= 15 is 0 Å². The Hall–Kier alpha value is -2.44. The lowest BCUT2D eigenvalue weighted by Crippen LogP contribution is -2.45. The van der Waals surface area contributed by atoms with Crippen LogP contribution in [0.3, 0.4) is 0 Å². The fourth-order valence-electron chi connectivity index (χ4n) is 2.95. The molecule has 1 amide bonds. The molecule has 1 fully saturated rings. The van der Waals surface area contributed by atoms with Gasteiger partial charge in [0.2, 0.25) is 0 Å². The summed E-state index contributed by atoms with van der Waals surface area (Å²) < 4.78 is 1.64. The highest BCUT2D eigenvalue weighted by Gasteiger charge is 2.23. The van der Waals surface area contributed by atoms with Crippen LogP contribution in [0.1, 0.15) is 49.7 Å². The van der Waals surface area contributed by atoms with Crippen LogP contribution >= 0.6 is 0 Å². The van der Waals surface area contributed by atoms with Crippen LogP contribution in [-0.2, 0) is 12.5 Å². The molecule has 0 spiro atoms. The predicted octanol–water partition coefficient (Wildman–Crippen LogP) is 1.91. The number of piperidine rings is 1. The Bertz CT molecular complexity index is 723. The standard InChI is InChI=1S/C18H26N6O/c1-18(2,3)15-5-6-16(22-21-15)24-9-7-14(8-10-24)20-17(25)13-11-19-23(4)12-13/h5-6,11-12,14H,7-10H2,1-4H3,(H,20,25). The number of amides is 1. The number of carbonyl (C=O) groups is 1. The number of nitrogens with one attached hydrogen (secondary N) is 1. The molecule has 3 rings (SSSR count). The normalized spacial score (nSPS) is 16.1. The molecule has 7 nitrogen and oxygen atoms in total. The molecule has 0 unspecified atom stereocenters. The number of carbonyl (C=O) groups excluding carboxylic acids is 1. The van der Waals surface area contributed by atoms with Crippen LogP contribution in [0.25, 0.3) is 0 Å². The maximum absolute atomic E-state index is 12.2. The Morgan fingerprint density at radius 2 is 1.92 bits per heavy atom. The molecule has 0 bridgehead atoms. The van der Waals surface area contributed by atoms with Gasteiger partial charge in [-0.2, -0.15) is 10.2 Å². The largest absolute Gasteiger partial charge is 0.355 e. The number of anilines is 1. The Kier molecular flexibility index (Phi) is 4.74. The molecule has 0 radical (unpaired) electrons. The minimum atomic E-state index is -0.0547. The van der Waals surface area contributed by atoms with E-state index in [2.05, 4.69) is 52.4 Å². The SMILES string of the molecule is Cn1cc(C(=O)NC2CCN(c3ccc(C(C)(C)C)nn3)CC2)cn1. The van der Waals surface area contributed by atoms with Crippen LogP contribution in [0.5, 0.6) is 0 Å². The molecule has 3 heterocycles. The number of rotatable bonds is 3. The smallest absolute Gasteiger partial charge is 0.254 e. The van der Waals surface area contributed by atoms with Gasteiger partial charge in [-0.3, -0.25) is 9.48 Å². The van der Waals surface area contributed by atoms with Crippen molar-refractivity contribution in [1.82, 2.24) is 25.3 Å². The first kappa shape index (κ1) is 17.4.